The Morgan fingerprint density at radius 3 is 3.08 bits per heavy atom. The van der Waals surface area contributed by atoms with E-state index in [2.05, 4.69) is 30.9 Å². The number of nitrogens with zero attached hydrogens (tertiary/aromatic N) is 2. The Hall–Kier alpha value is -1.43. The van der Waals surface area contributed by atoms with Crippen molar-refractivity contribution >= 4 is 33.1 Å². The monoisotopic (exact) mass is 241 g/mol. The number of H-pyrrole nitrogens is 1. The van der Waals surface area contributed by atoms with E-state index in [0.29, 0.717) is 15.6 Å². The Kier molecular flexibility index (Phi) is 1.77. The number of carbonyl (C=O) groups is 1. The molecule has 2 aromatic heterocycles. The van der Waals surface area contributed by atoms with E-state index >= 15 is 0 Å². The Labute approximate surface area is 80.9 Å². The van der Waals surface area contributed by atoms with Crippen LogP contribution in [0.15, 0.2) is 16.9 Å². The number of fused-ring (bicyclic) bond motifs is 1. The van der Waals surface area contributed by atoms with E-state index in [4.69, 9.17) is 5.11 Å². The van der Waals surface area contributed by atoms with Crippen molar-refractivity contribution in [2.24, 2.45) is 0 Å². The molecule has 0 unspecified atom stereocenters. The first kappa shape index (κ1) is 8.18. The maximum Gasteiger partial charge on any atom is 0.356 e. The topological polar surface area (TPSA) is 78.9 Å². The van der Waals surface area contributed by atoms with Gasteiger partial charge in [-0.2, -0.15) is 0 Å². The van der Waals surface area contributed by atoms with Gasteiger partial charge in [0.1, 0.15) is 5.52 Å². The Balaban J connectivity index is 2.72. The van der Waals surface area contributed by atoms with Crippen LogP contribution in [0.2, 0.25) is 0 Å². The summed E-state index contributed by atoms with van der Waals surface area (Å²) < 4.78 is 0.707. The van der Waals surface area contributed by atoms with Crippen LogP contribution >= 0.6 is 15.9 Å². The second-order valence-corrected chi connectivity index (χ2v) is 3.25. The fraction of sp³-hybridized carbons (Fsp3) is 0. The zero-order valence-electron chi connectivity index (χ0n) is 6.28. The largest absolute Gasteiger partial charge is 0.476 e. The van der Waals surface area contributed by atoms with Crippen molar-refractivity contribution in [1.82, 2.24) is 15.0 Å². The molecule has 2 heterocycles. The molecule has 0 aliphatic rings. The second-order valence-electron chi connectivity index (χ2n) is 2.39. The summed E-state index contributed by atoms with van der Waals surface area (Å²) in [6.45, 7) is 0. The van der Waals surface area contributed by atoms with Crippen LogP contribution in [-0.4, -0.2) is 26.0 Å². The summed E-state index contributed by atoms with van der Waals surface area (Å²) in [5, 5.41) is 8.64. The lowest BCUT2D eigenvalue weighted by Gasteiger charge is -1.92. The number of carboxylic acid groups (broad SMARTS) is 1. The molecule has 2 N–H and O–H groups in total. The smallest absolute Gasteiger partial charge is 0.356 e. The van der Waals surface area contributed by atoms with Crippen molar-refractivity contribution in [2.75, 3.05) is 0 Å². The highest BCUT2D eigenvalue weighted by Crippen LogP contribution is 2.19. The minimum atomic E-state index is -1.08. The highest BCUT2D eigenvalue weighted by atomic mass is 79.9. The maximum atomic E-state index is 10.5. The van der Waals surface area contributed by atoms with Gasteiger partial charge in [-0.3, -0.25) is 0 Å². The van der Waals surface area contributed by atoms with Gasteiger partial charge in [0.2, 0.25) is 0 Å². The average Bonchev–Trinajstić information content (AvgIpc) is 2.47. The first-order valence-electron chi connectivity index (χ1n) is 3.41. The van der Waals surface area contributed by atoms with Gasteiger partial charge in [-0.05, 0) is 15.9 Å². The molecule has 0 aliphatic carbocycles. The fourth-order valence-electron chi connectivity index (χ4n) is 0.964. The predicted octanol–water partition coefficient (Wildman–Crippen LogP) is 1.42. The molecule has 0 bridgehead atoms. The quantitative estimate of drug-likeness (QED) is 0.792. The molecule has 66 valence electrons. The van der Waals surface area contributed by atoms with Crippen molar-refractivity contribution in [3.63, 3.8) is 0 Å². The summed E-state index contributed by atoms with van der Waals surface area (Å²) in [4.78, 5) is 21.2. The zero-order valence-corrected chi connectivity index (χ0v) is 7.87. The number of hydrogen-bond acceptors (Lipinski definition) is 3. The van der Waals surface area contributed by atoms with Crippen LogP contribution in [0.4, 0.5) is 0 Å². The highest BCUT2D eigenvalue weighted by Gasteiger charge is 2.09. The van der Waals surface area contributed by atoms with E-state index in [1.54, 1.807) is 6.20 Å². The van der Waals surface area contributed by atoms with Gasteiger partial charge in [0.15, 0.2) is 11.3 Å². The number of halogens is 1. The van der Waals surface area contributed by atoms with Gasteiger partial charge < -0.3 is 10.1 Å². The summed E-state index contributed by atoms with van der Waals surface area (Å²) >= 11 is 3.22. The molecule has 2 rings (SSSR count). The SMILES string of the molecule is O=C(O)c1cnc2[nH]cc(Br)c2n1. The van der Waals surface area contributed by atoms with E-state index in [-0.39, 0.29) is 5.69 Å². The lowest BCUT2D eigenvalue weighted by molar-refractivity contribution is 0.0690. The maximum absolute atomic E-state index is 10.5. The van der Waals surface area contributed by atoms with Crippen molar-refractivity contribution < 1.29 is 9.90 Å². The summed E-state index contributed by atoms with van der Waals surface area (Å²) in [7, 11) is 0. The van der Waals surface area contributed by atoms with Crippen molar-refractivity contribution in [2.45, 2.75) is 0 Å². The summed E-state index contributed by atoms with van der Waals surface area (Å²) in [6, 6.07) is 0. The van der Waals surface area contributed by atoms with Crippen LogP contribution in [0.3, 0.4) is 0 Å². The highest BCUT2D eigenvalue weighted by molar-refractivity contribution is 9.10. The second kappa shape index (κ2) is 2.81. The van der Waals surface area contributed by atoms with Crippen molar-refractivity contribution in [1.29, 1.82) is 0 Å². The molecular weight excluding hydrogens is 238 g/mol. The van der Waals surface area contributed by atoms with Crippen LogP contribution in [0.25, 0.3) is 11.2 Å². The first-order chi connectivity index (χ1) is 6.18. The zero-order chi connectivity index (χ0) is 9.42. The van der Waals surface area contributed by atoms with Gasteiger partial charge in [0.05, 0.1) is 10.7 Å². The first-order valence-corrected chi connectivity index (χ1v) is 4.20. The van der Waals surface area contributed by atoms with Gasteiger partial charge in [-0.25, -0.2) is 14.8 Å². The van der Waals surface area contributed by atoms with Crippen molar-refractivity contribution in [3.05, 3.63) is 22.6 Å². The Morgan fingerprint density at radius 1 is 1.62 bits per heavy atom. The number of rotatable bonds is 1. The lowest BCUT2D eigenvalue weighted by Crippen LogP contribution is -2.00. The van der Waals surface area contributed by atoms with Crippen LogP contribution in [0.1, 0.15) is 10.5 Å². The third-order valence-corrected chi connectivity index (χ3v) is 2.16. The number of carboxylic acids is 1. The molecule has 0 atom stereocenters. The third kappa shape index (κ3) is 1.29. The van der Waals surface area contributed by atoms with Gasteiger partial charge >= 0.3 is 5.97 Å². The third-order valence-electron chi connectivity index (χ3n) is 1.55. The minimum Gasteiger partial charge on any atom is -0.476 e. The molecule has 0 spiro atoms. The van der Waals surface area contributed by atoms with Gasteiger partial charge in [0, 0.05) is 6.20 Å². The Bertz CT molecular complexity index is 480. The van der Waals surface area contributed by atoms with E-state index in [0.717, 1.165) is 0 Å². The molecule has 0 saturated carbocycles. The molecule has 5 nitrogen and oxygen atoms in total. The average molecular weight is 242 g/mol. The van der Waals surface area contributed by atoms with Crippen molar-refractivity contribution in [3.8, 4) is 0 Å². The number of aromatic carboxylic acids is 1. The minimum absolute atomic E-state index is 0.0622. The summed E-state index contributed by atoms with van der Waals surface area (Å²) in [6.07, 6.45) is 2.88. The molecule has 6 heteroatoms. The normalized spacial score (nSPS) is 10.5. The standard InChI is InChI=1S/C7H4BrN3O2/c8-3-1-9-6-5(3)11-4(2-10-6)7(12)13/h1-2H,(H,9,10)(H,12,13). The van der Waals surface area contributed by atoms with Crippen LogP contribution in [-0.2, 0) is 0 Å². The molecule has 0 aliphatic heterocycles. The molecular formula is C7H4BrN3O2. The van der Waals surface area contributed by atoms with Crippen LogP contribution < -0.4 is 0 Å². The van der Waals surface area contributed by atoms with Crippen LogP contribution in [0.5, 0.6) is 0 Å². The van der Waals surface area contributed by atoms with Gasteiger partial charge in [0.25, 0.3) is 0 Å². The number of hydrogen-bond donors (Lipinski definition) is 2. The molecule has 0 aromatic carbocycles. The number of aromatic nitrogens is 3. The van der Waals surface area contributed by atoms with E-state index in [9.17, 15) is 4.79 Å². The summed E-state index contributed by atoms with van der Waals surface area (Å²) in [5.41, 5.74) is 1.03. The number of nitrogens with one attached hydrogen (secondary N) is 1. The molecule has 0 amide bonds. The predicted molar refractivity (Wildman–Crippen MR) is 48.5 cm³/mol. The van der Waals surface area contributed by atoms with Crippen LogP contribution in [0, 0.1) is 0 Å². The lowest BCUT2D eigenvalue weighted by atomic mass is 10.4. The van der Waals surface area contributed by atoms with E-state index < -0.39 is 5.97 Å². The summed E-state index contributed by atoms with van der Waals surface area (Å²) in [5.74, 6) is -1.08. The molecule has 2 aromatic rings. The molecule has 0 radical (unpaired) electrons. The number of aromatic amines is 1. The van der Waals surface area contributed by atoms with E-state index in [1.165, 1.54) is 6.20 Å². The van der Waals surface area contributed by atoms with E-state index in [1.807, 2.05) is 0 Å². The van der Waals surface area contributed by atoms with Gasteiger partial charge in [-0.1, -0.05) is 0 Å². The molecule has 0 fully saturated rings. The molecule has 13 heavy (non-hydrogen) atoms. The molecule has 0 saturated heterocycles. The Morgan fingerprint density at radius 2 is 2.38 bits per heavy atom. The van der Waals surface area contributed by atoms with Gasteiger partial charge in [-0.15, -0.1) is 0 Å². The fourth-order valence-corrected chi connectivity index (χ4v) is 1.36.